The molecule has 1 aliphatic carbocycles. The molecule has 0 atom stereocenters. The molecule has 0 bridgehead atoms. The molecule has 56 heavy (non-hydrogen) atoms. The molecule has 0 saturated carbocycles. The number of fused-ring (bicyclic) bond motifs is 5. The lowest BCUT2D eigenvalue weighted by molar-refractivity contribution is 0.00578. The molecule has 2 fully saturated rings. The predicted octanol–water partition coefficient (Wildman–Crippen LogP) is 10.9. The number of pyridine rings is 1. The number of para-hydroxylation sites is 1. The van der Waals surface area contributed by atoms with E-state index in [1.165, 1.54) is 33.0 Å². The summed E-state index contributed by atoms with van der Waals surface area (Å²) < 4.78 is 29.6. The van der Waals surface area contributed by atoms with Gasteiger partial charge in [-0.25, -0.2) is 0 Å². The largest absolute Gasteiger partial charge is 0.495 e. The molecule has 0 spiro atoms. The number of hydrogen-bond acceptors (Lipinski definition) is 5. The van der Waals surface area contributed by atoms with E-state index in [1.807, 2.05) is 38.1 Å². The molecule has 6 nitrogen and oxygen atoms in total. The minimum absolute atomic E-state index is 0.401. The average Bonchev–Trinajstić information content (AvgIpc) is 3.72. The quantitative estimate of drug-likeness (QED) is 0.166. The summed E-state index contributed by atoms with van der Waals surface area (Å²) in [6, 6.07) is 31.8. The van der Waals surface area contributed by atoms with Gasteiger partial charge in [-0.3, -0.25) is 4.98 Å². The van der Waals surface area contributed by atoms with Crippen molar-refractivity contribution in [1.82, 2.24) is 9.55 Å². The van der Waals surface area contributed by atoms with Gasteiger partial charge >= 0.3 is 14.2 Å². The number of aromatic nitrogens is 2. The molecule has 0 N–H and O–H groups in total. The highest BCUT2D eigenvalue weighted by Crippen LogP contribution is 2.42. The molecule has 9 rings (SSSR count). The molecule has 9 heteroatoms. The summed E-state index contributed by atoms with van der Waals surface area (Å²) in [5.74, 6) is 0. The first-order valence-electron chi connectivity index (χ1n) is 19.9. The minimum Gasteiger partial charge on any atom is -0.399 e. The van der Waals surface area contributed by atoms with E-state index in [0.29, 0.717) is 0 Å². The van der Waals surface area contributed by atoms with Gasteiger partial charge in [-0.2, -0.15) is 0 Å². The van der Waals surface area contributed by atoms with Crippen molar-refractivity contribution < 1.29 is 18.6 Å². The zero-order valence-electron chi connectivity index (χ0n) is 34.4. The molecule has 3 aliphatic rings. The normalized spacial score (nSPS) is 18.6. The van der Waals surface area contributed by atoms with E-state index >= 15 is 0 Å². The van der Waals surface area contributed by atoms with E-state index < -0.39 is 36.6 Å². The Hall–Kier alpha value is -3.98. The molecule has 288 valence electrons. The molecule has 4 heterocycles. The van der Waals surface area contributed by atoms with E-state index in [-0.39, 0.29) is 0 Å². The summed E-state index contributed by atoms with van der Waals surface area (Å²) in [5.41, 5.74) is 8.88. The summed E-state index contributed by atoms with van der Waals surface area (Å²) in [5, 5.41) is 2.53. The molecule has 6 aromatic rings. The van der Waals surface area contributed by atoms with E-state index in [4.69, 9.17) is 18.6 Å². The standard InChI is InChI=1S/C34H39B2NO4.C11H8BrN.C2H6/c1-31(2)32(3,4)39-35(38-31)22-18-19-26-28(20-22)37(23-14-10-9-11-15-23)29-21-27(24-16-12-13-17-25(24)30(26)29)36-40-33(5,6)34(7,8)41-36;12-11-3-1-2-10(8-11)9-4-6-13-7-5-9;1-2/h9-12,14-16,18-21H,13,17H2,1-8H3;1-8H;1-2H3. The van der Waals surface area contributed by atoms with Gasteiger partial charge in [0.25, 0.3) is 0 Å². The van der Waals surface area contributed by atoms with Crippen LogP contribution in [0.5, 0.6) is 0 Å². The number of aryl methyl sites for hydroxylation is 1. The monoisotopic (exact) mass is 810 g/mol. The zero-order chi connectivity index (χ0) is 40.0. The van der Waals surface area contributed by atoms with Crippen LogP contribution in [-0.2, 0) is 25.0 Å². The Morgan fingerprint density at radius 3 is 1.89 bits per heavy atom. The van der Waals surface area contributed by atoms with Crippen molar-refractivity contribution in [2.45, 2.75) is 104 Å². The lowest BCUT2D eigenvalue weighted by atomic mass is 9.72. The average molecular weight is 811 g/mol. The molecule has 0 radical (unpaired) electrons. The van der Waals surface area contributed by atoms with E-state index in [9.17, 15) is 0 Å². The first-order chi connectivity index (χ1) is 26.7. The Kier molecular flexibility index (Phi) is 11.1. The van der Waals surface area contributed by atoms with Crippen LogP contribution in [0.4, 0.5) is 0 Å². The topological polar surface area (TPSA) is 54.7 Å². The molecule has 2 aromatic heterocycles. The van der Waals surface area contributed by atoms with Crippen LogP contribution in [0.15, 0.2) is 114 Å². The Bertz CT molecular complexity index is 2360. The van der Waals surface area contributed by atoms with Crippen molar-refractivity contribution in [3.63, 3.8) is 0 Å². The molecule has 2 saturated heterocycles. The highest BCUT2D eigenvalue weighted by molar-refractivity contribution is 9.10. The Morgan fingerprint density at radius 1 is 0.643 bits per heavy atom. The first-order valence-corrected chi connectivity index (χ1v) is 20.7. The molecule has 0 unspecified atom stereocenters. The number of halogens is 1. The third kappa shape index (κ3) is 7.33. The van der Waals surface area contributed by atoms with Crippen LogP contribution in [0.25, 0.3) is 44.7 Å². The SMILES string of the molecule is Brc1cccc(-c2ccncc2)c1.CC.CC1(C)OB(c2ccc3c4c5c(c(B6OC(C)(C)C(C)(C)O6)cc4n(-c4ccccc4)c3c2)C=CCC5)OC1(C)C. The van der Waals surface area contributed by atoms with Gasteiger partial charge in [-0.1, -0.05) is 84.4 Å². The van der Waals surface area contributed by atoms with Crippen molar-refractivity contribution in [2.24, 2.45) is 0 Å². The fourth-order valence-electron chi connectivity index (χ4n) is 7.56. The van der Waals surface area contributed by atoms with Gasteiger partial charge in [0.2, 0.25) is 0 Å². The van der Waals surface area contributed by atoms with Crippen molar-refractivity contribution in [1.29, 1.82) is 0 Å². The molecule has 0 amide bonds. The van der Waals surface area contributed by atoms with E-state index in [0.717, 1.165) is 45.0 Å². The highest BCUT2D eigenvalue weighted by atomic mass is 79.9. The number of allylic oxidation sites excluding steroid dienone is 1. The Balaban J connectivity index is 0.000000270. The summed E-state index contributed by atoms with van der Waals surface area (Å²) in [4.78, 5) is 3.98. The second kappa shape index (κ2) is 15.4. The van der Waals surface area contributed by atoms with Crippen molar-refractivity contribution in [2.75, 3.05) is 0 Å². The fraction of sp³-hybridized carbons (Fsp3) is 0.340. The van der Waals surface area contributed by atoms with Gasteiger partial charge in [-0.15, -0.1) is 0 Å². The molecular weight excluding hydrogens is 758 g/mol. The van der Waals surface area contributed by atoms with Crippen LogP contribution in [0.2, 0.25) is 0 Å². The van der Waals surface area contributed by atoms with Crippen LogP contribution >= 0.6 is 15.9 Å². The van der Waals surface area contributed by atoms with Gasteiger partial charge < -0.3 is 23.2 Å². The number of benzene rings is 4. The van der Waals surface area contributed by atoms with Crippen molar-refractivity contribution in [3.05, 3.63) is 125 Å². The molecule has 4 aromatic carbocycles. The van der Waals surface area contributed by atoms with Crippen LogP contribution in [0.3, 0.4) is 0 Å². The van der Waals surface area contributed by atoms with E-state index in [2.05, 4.69) is 160 Å². The highest BCUT2D eigenvalue weighted by Gasteiger charge is 2.53. The maximum absolute atomic E-state index is 6.61. The predicted molar refractivity (Wildman–Crippen MR) is 238 cm³/mol. The summed E-state index contributed by atoms with van der Waals surface area (Å²) in [7, 11) is -0.868. The lowest BCUT2D eigenvalue weighted by Crippen LogP contribution is -2.41. The summed E-state index contributed by atoms with van der Waals surface area (Å²) in [6.07, 6.45) is 10.1. The van der Waals surface area contributed by atoms with Gasteiger partial charge in [0.05, 0.1) is 33.4 Å². The minimum atomic E-state index is -0.441. The second-order valence-electron chi connectivity index (χ2n) is 16.6. The first kappa shape index (κ1) is 40.2. The maximum Gasteiger partial charge on any atom is 0.495 e. The third-order valence-electron chi connectivity index (χ3n) is 12.0. The van der Waals surface area contributed by atoms with Crippen LogP contribution in [-0.4, -0.2) is 46.2 Å². The third-order valence-corrected chi connectivity index (χ3v) is 12.5. The number of nitrogens with zero attached hydrogens (tertiary/aromatic N) is 2. The number of rotatable bonds is 4. The summed E-state index contributed by atoms with van der Waals surface area (Å²) >= 11 is 3.44. The zero-order valence-corrected chi connectivity index (χ0v) is 36.0. The lowest BCUT2D eigenvalue weighted by Gasteiger charge is -2.32. The van der Waals surface area contributed by atoms with Crippen molar-refractivity contribution >= 4 is 69.0 Å². The fourth-order valence-corrected chi connectivity index (χ4v) is 7.96. The molecular formula is C47H53B2BrN2O4. The van der Waals surface area contributed by atoms with Crippen LogP contribution in [0.1, 0.15) is 86.8 Å². The Labute approximate surface area is 342 Å². The number of hydrogen-bond donors (Lipinski definition) is 0. The molecule has 2 aliphatic heterocycles. The van der Waals surface area contributed by atoms with E-state index in [1.54, 1.807) is 12.4 Å². The maximum atomic E-state index is 6.61. The van der Waals surface area contributed by atoms with Crippen LogP contribution < -0.4 is 10.9 Å². The second-order valence-corrected chi connectivity index (χ2v) is 17.5. The van der Waals surface area contributed by atoms with Gasteiger partial charge in [0.15, 0.2) is 0 Å². The summed E-state index contributed by atoms with van der Waals surface area (Å²) in [6.45, 7) is 20.9. The van der Waals surface area contributed by atoms with Gasteiger partial charge in [-0.05, 0) is 150 Å². The van der Waals surface area contributed by atoms with Crippen LogP contribution in [0, 0.1) is 0 Å². The van der Waals surface area contributed by atoms with Gasteiger partial charge in [0.1, 0.15) is 0 Å². The van der Waals surface area contributed by atoms with Gasteiger partial charge in [0, 0.05) is 33.3 Å². The smallest absolute Gasteiger partial charge is 0.399 e. The Morgan fingerprint density at radius 2 is 1.27 bits per heavy atom. The van der Waals surface area contributed by atoms with Crippen molar-refractivity contribution in [3.8, 4) is 16.8 Å².